The van der Waals surface area contributed by atoms with Crippen molar-refractivity contribution in [2.24, 2.45) is 7.05 Å². The number of amides is 2. The van der Waals surface area contributed by atoms with E-state index in [9.17, 15) is 10.1 Å². The van der Waals surface area contributed by atoms with E-state index in [-0.39, 0.29) is 17.8 Å². The SMILES string of the molecule is C[C@@H]1CN(c2cnc(C#N)c(-c3cnn(C)c3)n2)CCN1C(=O)N1CCC1. The number of aryl methyl sites for hydroxylation is 1. The molecule has 0 aromatic carbocycles. The summed E-state index contributed by atoms with van der Waals surface area (Å²) in [4.78, 5) is 27.5. The van der Waals surface area contributed by atoms with Crippen molar-refractivity contribution in [2.75, 3.05) is 37.6 Å². The van der Waals surface area contributed by atoms with Crippen molar-refractivity contribution in [3.63, 3.8) is 0 Å². The standard InChI is InChI=1S/C18H22N8O/c1-13-11-25(6-7-26(13)18(27)24-4-3-5-24)16-10-20-15(8-19)17(22-16)14-9-21-23(2)12-14/h9-10,12-13H,3-7,11H2,1-2H3/t13-/m1/s1. The molecule has 9 heteroatoms. The quantitative estimate of drug-likeness (QED) is 0.790. The molecule has 9 nitrogen and oxygen atoms in total. The summed E-state index contributed by atoms with van der Waals surface area (Å²) in [6.45, 7) is 5.82. The summed E-state index contributed by atoms with van der Waals surface area (Å²) >= 11 is 0. The Morgan fingerprint density at radius 1 is 1.26 bits per heavy atom. The number of carbonyl (C=O) groups is 1. The minimum Gasteiger partial charge on any atom is -0.351 e. The molecule has 0 spiro atoms. The first-order valence-corrected chi connectivity index (χ1v) is 9.13. The van der Waals surface area contributed by atoms with Crippen LogP contribution in [0, 0.1) is 11.3 Å². The van der Waals surface area contributed by atoms with E-state index in [0.29, 0.717) is 25.3 Å². The molecule has 140 valence electrons. The largest absolute Gasteiger partial charge is 0.351 e. The molecular weight excluding hydrogens is 344 g/mol. The predicted octanol–water partition coefficient (Wildman–Crippen LogP) is 1.08. The van der Waals surface area contributed by atoms with E-state index in [1.807, 2.05) is 23.0 Å². The number of aromatic nitrogens is 4. The van der Waals surface area contributed by atoms with E-state index in [1.54, 1.807) is 17.1 Å². The number of piperazine rings is 1. The van der Waals surface area contributed by atoms with Gasteiger partial charge in [-0.2, -0.15) is 10.4 Å². The fourth-order valence-corrected chi connectivity index (χ4v) is 3.50. The lowest BCUT2D eigenvalue weighted by molar-refractivity contribution is 0.108. The molecular formula is C18H22N8O. The summed E-state index contributed by atoms with van der Waals surface area (Å²) < 4.78 is 1.67. The highest BCUT2D eigenvalue weighted by Crippen LogP contribution is 2.24. The molecule has 2 aliphatic rings. The molecule has 0 saturated carbocycles. The van der Waals surface area contributed by atoms with E-state index in [0.717, 1.165) is 30.9 Å². The molecule has 2 aromatic heterocycles. The molecule has 0 unspecified atom stereocenters. The first kappa shape index (κ1) is 17.3. The Bertz CT molecular complexity index is 897. The molecule has 0 radical (unpaired) electrons. The lowest BCUT2D eigenvalue weighted by Gasteiger charge is -2.44. The second kappa shape index (κ2) is 6.87. The Kier molecular flexibility index (Phi) is 4.39. The van der Waals surface area contributed by atoms with E-state index < -0.39 is 0 Å². The van der Waals surface area contributed by atoms with E-state index in [4.69, 9.17) is 4.98 Å². The van der Waals surface area contributed by atoms with Crippen LogP contribution >= 0.6 is 0 Å². The summed E-state index contributed by atoms with van der Waals surface area (Å²) in [6, 6.07) is 2.33. The van der Waals surface area contributed by atoms with Crippen LogP contribution in [0.5, 0.6) is 0 Å². The second-order valence-electron chi connectivity index (χ2n) is 7.05. The maximum absolute atomic E-state index is 12.5. The smallest absolute Gasteiger partial charge is 0.320 e. The van der Waals surface area contributed by atoms with Crippen molar-refractivity contribution in [3.05, 3.63) is 24.3 Å². The van der Waals surface area contributed by atoms with Crippen LogP contribution in [-0.4, -0.2) is 74.3 Å². The van der Waals surface area contributed by atoms with Gasteiger partial charge >= 0.3 is 6.03 Å². The van der Waals surface area contributed by atoms with E-state index >= 15 is 0 Å². The number of carbonyl (C=O) groups excluding carboxylic acids is 1. The molecule has 4 rings (SSSR count). The summed E-state index contributed by atoms with van der Waals surface area (Å²) in [5, 5.41) is 13.5. The molecule has 1 atom stereocenters. The number of rotatable bonds is 2. The third-order valence-electron chi connectivity index (χ3n) is 5.17. The highest BCUT2D eigenvalue weighted by Gasteiger charge is 2.33. The van der Waals surface area contributed by atoms with Crippen LogP contribution in [0.25, 0.3) is 11.3 Å². The fraction of sp³-hybridized carbons (Fsp3) is 0.500. The Balaban J connectivity index is 1.54. The minimum absolute atomic E-state index is 0.0890. The van der Waals surface area contributed by atoms with Crippen LogP contribution in [-0.2, 0) is 7.05 Å². The normalized spacial score (nSPS) is 19.6. The summed E-state index contributed by atoms with van der Waals surface area (Å²) in [7, 11) is 1.82. The number of likely N-dealkylation sites (tertiary alicyclic amines) is 1. The summed E-state index contributed by atoms with van der Waals surface area (Å²) in [5.41, 5.74) is 1.59. The Morgan fingerprint density at radius 3 is 2.67 bits per heavy atom. The van der Waals surface area contributed by atoms with Gasteiger partial charge in [-0.05, 0) is 13.3 Å². The average molecular weight is 366 g/mol. The maximum atomic E-state index is 12.5. The van der Waals surface area contributed by atoms with Crippen molar-refractivity contribution >= 4 is 11.8 Å². The van der Waals surface area contributed by atoms with Crippen molar-refractivity contribution in [1.29, 1.82) is 5.26 Å². The first-order valence-electron chi connectivity index (χ1n) is 9.13. The van der Waals surface area contributed by atoms with E-state index in [1.165, 1.54) is 0 Å². The van der Waals surface area contributed by atoms with E-state index in [2.05, 4.69) is 28.0 Å². The van der Waals surface area contributed by atoms with Crippen molar-refractivity contribution in [1.82, 2.24) is 29.5 Å². The number of nitrogens with zero attached hydrogens (tertiary/aromatic N) is 8. The molecule has 0 N–H and O–H groups in total. The number of hydrogen-bond acceptors (Lipinski definition) is 6. The van der Waals surface area contributed by atoms with Gasteiger partial charge in [-0.3, -0.25) is 4.68 Å². The van der Waals surface area contributed by atoms with Crippen LogP contribution in [0.1, 0.15) is 19.0 Å². The molecule has 2 aromatic rings. The summed E-state index contributed by atoms with van der Waals surface area (Å²) in [5.74, 6) is 0.718. The van der Waals surface area contributed by atoms with Gasteiger partial charge in [-0.1, -0.05) is 0 Å². The first-order chi connectivity index (χ1) is 13.1. The molecule has 0 bridgehead atoms. The number of nitriles is 1. The van der Waals surface area contributed by atoms with Gasteiger partial charge in [0.1, 0.15) is 17.6 Å². The molecule has 27 heavy (non-hydrogen) atoms. The molecule has 2 fully saturated rings. The zero-order chi connectivity index (χ0) is 19.0. The number of urea groups is 1. The van der Waals surface area contributed by atoms with Gasteiger partial charge < -0.3 is 14.7 Å². The third kappa shape index (κ3) is 3.18. The number of hydrogen-bond donors (Lipinski definition) is 0. The van der Waals surface area contributed by atoms with Gasteiger partial charge in [0.15, 0.2) is 5.69 Å². The van der Waals surface area contributed by atoms with Gasteiger partial charge in [0, 0.05) is 57.6 Å². The zero-order valence-electron chi connectivity index (χ0n) is 15.5. The lowest BCUT2D eigenvalue weighted by atomic mass is 10.1. The van der Waals surface area contributed by atoms with Gasteiger partial charge in [-0.25, -0.2) is 14.8 Å². The Labute approximate surface area is 157 Å². The topological polar surface area (TPSA) is 94.2 Å². The second-order valence-corrected chi connectivity index (χ2v) is 7.05. The van der Waals surface area contributed by atoms with Crippen LogP contribution in [0.2, 0.25) is 0 Å². The van der Waals surface area contributed by atoms with Gasteiger partial charge in [0.2, 0.25) is 0 Å². The van der Waals surface area contributed by atoms with Crippen LogP contribution < -0.4 is 4.90 Å². The zero-order valence-corrected chi connectivity index (χ0v) is 15.5. The van der Waals surface area contributed by atoms with Crippen LogP contribution in [0.3, 0.4) is 0 Å². The van der Waals surface area contributed by atoms with Crippen molar-refractivity contribution in [3.8, 4) is 17.3 Å². The van der Waals surface area contributed by atoms with Gasteiger partial charge in [-0.15, -0.1) is 0 Å². The maximum Gasteiger partial charge on any atom is 0.320 e. The Morgan fingerprint density at radius 2 is 2.07 bits per heavy atom. The Hall–Kier alpha value is -3.15. The molecule has 2 aliphatic heterocycles. The molecule has 4 heterocycles. The monoisotopic (exact) mass is 366 g/mol. The highest BCUT2D eigenvalue weighted by molar-refractivity contribution is 5.76. The average Bonchev–Trinajstić information content (AvgIpc) is 3.05. The molecule has 2 saturated heterocycles. The minimum atomic E-state index is 0.0890. The van der Waals surface area contributed by atoms with Gasteiger partial charge in [0.05, 0.1) is 12.4 Å². The van der Waals surface area contributed by atoms with Crippen molar-refractivity contribution in [2.45, 2.75) is 19.4 Å². The number of anilines is 1. The van der Waals surface area contributed by atoms with Crippen LogP contribution in [0.15, 0.2) is 18.6 Å². The van der Waals surface area contributed by atoms with Crippen molar-refractivity contribution < 1.29 is 4.79 Å². The fourth-order valence-electron chi connectivity index (χ4n) is 3.50. The van der Waals surface area contributed by atoms with Crippen LogP contribution in [0.4, 0.5) is 10.6 Å². The lowest BCUT2D eigenvalue weighted by Crippen LogP contribution is -2.59. The molecule has 2 amide bonds. The summed E-state index contributed by atoms with van der Waals surface area (Å²) in [6.07, 6.45) is 6.23. The highest BCUT2D eigenvalue weighted by atomic mass is 16.2. The predicted molar refractivity (Wildman–Crippen MR) is 98.9 cm³/mol. The molecule has 0 aliphatic carbocycles. The third-order valence-corrected chi connectivity index (χ3v) is 5.17. The van der Waals surface area contributed by atoms with Gasteiger partial charge in [0.25, 0.3) is 0 Å².